The largest absolute Gasteiger partial charge is 0.367 e. The highest BCUT2D eigenvalue weighted by atomic mass is 19.1. The normalized spacial score (nSPS) is 10.4. The van der Waals surface area contributed by atoms with Crippen molar-refractivity contribution in [3.05, 3.63) is 65.2 Å². The van der Waals surface area contributed by atoms with E-state index in [1.54, 1.807) is 36.2 Å². The molecule has 0 aliphatic carbocycles. The smallest absolute Gasteiger partial charge is 0.161 e. The summed E-state index contributed by atoms with van der Waals surface area (Å²) in [6.45, 7) is 1.57. The lowest BCUT2D eigenvalue weighted by Crippen LogP contribution is -2.21. The van der Waals surface area contributed by atoms with Crippen LogP contribution in [-0.2, 0) is 6.54 Å². The van der Waals surface area contributed by atoms with E-state index in [1.807, 2.05) is 0 Å². The summed E-state index contributed by atoms with van der Waals surface area (Å²) in [5, 5.41) is 0. The molecule has 4 heteroatoms. The van der Waals surface area contributed by atoms with E-state index in [0.717, 1.165) is 0 Å². The Morgan fingerprint density at radius 1 is 1.05 bits per heavy atom. The number of carbonyl (C=O) groups excluding carboxylic acids is 1. The Bertz CT molecular complexity index is 640. The van der Waals surface area contributed by atoms with Gasteiger partial charge in [0.05, 0.1) is 5.69 Å². The summed E-state index contributed by atoms with van der Waals surface area (Å²) in [4.78, 5) is 13.1. The number of rotatable bonds is 4. The molecule has 0 spiro atoms. The fourth-order valence-electron chi connectivity index (χ4n) is 2.15. The molecule has 0 amide bonds. The quantitative estimate of drug-likeness (QED) is 0.791. The van der Waals surface area contributed by atoms with Gasteiger partial charge in [0.2, 0.25) is 0 Å². The number of halogens is 2. The molecule has 0 saturated heterocycles. The summed E-state index contributed by atoms with van der Waals surface area (Å²) in [5.74, 6) is -1.06. The topological polar surface area (TPSA) is 20.3 Å². The number of nitrogens with zero attached hydrogens (tertiary/aromatic N) is 1. The predicted octanol–water partition coefficient (Wildman–Crippen LogP) is 3.80. The van der Waals surface area contributed by atoms with E-state index in [2.05, 4.69) is 0 Å². The molecule has 2 rings (SSSR count). The first-order valence-electron chi connectivity index (χ1n) is 6.24. The molecule has 0 fully saturated rings. The minimum absolute atomic E-state index is 0.188. The van der Waals surface area contributed by atoms with Crippen molar-refractivity contribution in [2.75, 3.05) is 11.9 Å². The summed E-state index contributed by atoms with van der Waals surface area (Å²) in [5.41, 5.74) is 0.944. The molecule has 0 atom stereocenters. The maximum atomic E-state index is 14.0. The molecular formula is C16H15F2NO. The first kappa shape index (κ1) is 14.2. The fourth-order valence-corrected chi connectivity index (χ4v) is 2.15. The molecule has 0 unspecified atom stereocenters. The third-order valence-corrected chi connectivity index (χ3v) is 3.11. The van der Waals surface area contributed by atoms with E-state index in [9.17, 15) is 13.6 Å². The van der Waals surface area contributed by atoms with Crippen molar-refractivity contribution in [3.8, 4) is 0 Å². The molecule has 2 aromatic rings. The minimum atomic E-state index is -0.489. The Kier molecular flexibility index (Phi) is 4.13. The van der Waals surface area contributed by atoms with Crippen LogP contribution < -0.4 is 4.90 Å². The number of carbonyl (C=O) groups is 1. The molecule has 2 nitrogen and oxygen atoms in total. The zero-order valence-electron chi connectivity index (χ0n) is 11.4. The third kappa shape index (κ3) is 2.85. The van der Waals surface area contributed by atoms with E-state index in [-0.39, 0.29) is 23.8 Å². The molecule has 0 saturated carbocycles. The average Bonchev–Trinajstić information content (AvgIpc) is 2.40. The van der Waals surface area contributed by atoms with Gasteiger partial charge in [-0.25, -0.2) is 8.78 Å². The Labute approximate surface area is 116 Å². The second-order valence-electron chi connectivity index (χ2n) is 4.64. The molecule has 0 N–H and O–H groups in total. The van der Waals surface area contributed by atoms with Gasteiger partial charge in [0.1, 0.15) is 11.6 Å². The van der Waals surface area contributed by atoms with Crippen molar-refractivity contribution >= 4 is 11.5 Å². The van der Waals surface area contributed by atoms with Crippen LogP contribution in [0.3, 0.4) is 0 Å². The third-order valence-electron chi connectivity index (χ3n) is 3.11. The minimum Gasteiger partial charge on any atom is -0.367 e. The van der Waals surface area contributed by atoms with Crippen LogP contribution in [0.25, 0.3) is 0 Å². The molecular weight excluding hydrogens is 260 g/mol. The number of para-hydroxylation sites is 1. The molecule has 0 radical (unpaired) electrons. The molecule has 0 aliphatic heterocycles. The number of hydrogen-bond acceptors (Lipinski definition) is 2. The second-order valence-corrected chi connectivity index (χ2v) is 4.64. The molecule has 0 aliphatic rings. The average molecular weight is 275 g/mol. The number of ketones is 1. The van der Waals surface area contributed by atoms with Crippen molar-refractivity contribution in [1.29, 1.82) is 0 Å². The molecule has 0 bridgehead atoms. The molecule has 0 heterocycles. The Hall–Kier alpha value is -2.23. The monoisotopic (exact) mass is 275 g/mol. The van der Waals surface area contributed by atoms with Gasteiger partial charge in [-0.05, 0) is 25.1 Å². The number of anilines is 1. The van der Waals surface area contributed by atoms with Gasteiger partial charge in [0, 0.05) is 24.7 Å². The SMILES string of the molecule is CC(=O)c1cccc(F)c1N(C)Cc1ccccc1F. The van der Waals surface area contributed by atoms with Crippen molar-refractivity contribution < 1.29 is 13.6 Å². The van der Waals surface area contributed by atoms with Crippen molar-refractivity contribution in [3.63, 3.8) is 0 Å². The van der Waals surface area contributed by atoms with Crippen LogP contribution >= 0.6 is 0 Å². The van der Waals surface area contributed by atoms with Gasteiger partial charge in [0.15, 0.2) is 5.78 Å². The second kappa shape index (κ2) is 5.82. The fraction of sp³-hybridized carbons (Fsp3) is 0.188. The van der Waals surface area contributed by atoms with Crippen LogP contribution in [0.4, 0.5) is 14.5 Å². The lowest BCUT2D eigenvalue weighted by Gasteiger charge is -2.22. The lowest BCUT2D eigenvalue weighted by molar-refractivity contribution is 0.101. The standard InChI is InChI=1S/C16H15F2NO/c1-11(20)13-7-5-9-15(18)16(13)19(2)10-12-6-3-4-8-14(12)17/h3-9H,10H2,1-2H3. The van der Waals surface area contributed by atoms with Crippen molar-refractivity contribution in [2.24, 2.45) is 0 Å². The van der Waals surface area contributed by atoms with Gasteiger partial charge in [-0.15, -0.1) is 0 Å². The Morgan fingerprint density at radius 2 is 1.70 bits per heavy atom. The van der Waals surface area contributed by atoms with Gasteiger partial charge in [-0.3, -0.25) is 4.79 Å². The van der Waals surface area contributed by atoms with E-state index in [0.29, 0.717) is 11.1 Å². The van der Waals surface area contributed by atoms with Crippen LogP contribution in [-0.4, -0.2) is 12.8 Å². The number of hydrogen-bond donors (Lipinski definition) is 0. The van der Waals surface area contributed by atoms with Gasteiger partial charge in [-0.2, -0.15) is 0 Å². The Balaban J connectivity index is 2.37. The Morgan fingerprint density at radius 3 is 2.35 bits per heavy atom. The van der Waals surface area contributed by atoms with Gasteiger partial charge in [-0.1, -0.05) is 24.3 Å². The van der Waals surface area contributed by atoms with Crippen LogP contribution in [0.15, 0.2) is 42.5 Å². The first-order chi connectivity index (χ1) is 9.50. The highest BCUT2D eigenvalue weighted by Crippen LogP contribution is 2.25. The summed E-state index contributed by atoms with van der Waals surface area (Å²) in [7, 11) is 1.64. The maximum absolute atomic E-state index is 14.0. The van der Waals surface area contributed by atoms with E-state index >= 15 is 0 Å². The number of Topliss-reactive ketones (excluding diaryl/α,β-unsaturated/α-hetero) is 1. The summed E-state index contributed by atoms with van der Waals surface area (Å²) < 4.78 is 27.6. The van der Waals surface area contributed by atoms with Gasteiger partial charge < -0.3 is 4.90 Å². The summed E-state index contributed by atoms with van der Waals surface area (Å²) in [6, 6.07) is 10.7. The molecule has 2 aromatic carbocycles. The van der Waals surface area contributed by atoms with Crippen molar-refractivity contribution in [1.82, 2.24) is 0 Å². The zero-order chi connectivity index (χ0) is 14.7. The lowest BCUT2D eigenvalue weighted by atomic mass is 10.1. The maximum Gasteiger partial charge on any atom is 0.161 e. The van der Waals surface area contributed by atoms with E-state index in [4.69, 9.17) is 0 Å². The molecule has 104 valence electrons. The molecule has 0 aromatic heterocycles. The van der Waals surface area contributed by atoms with E-state index < -0.39 is 5.82 Å². The van der Waals surface area contributed by atoms with Gasteiger partial charge >= 0.3 is 0 Å². The van der Waals surface area contributed by atoms with Crippen LogP contribution in [0.5, 0.6) is 0 Å². The zero-order valence-corrected chi connectivity index (χ0v) is 11.4. The predicted molar refractivity (Wildman–Crippen MR) is 74.9 cm³/mol. The highest BCUT2D eigenvalue weighted by molar-refractivity contribution is 5.99. The van der Waals surface area contributed by atoms with Crippen LogP contribution in [0.2, 0.25) is 0 Å². The summed E-state index contributed by atoms with van der Waals surface area (Å²) in [6.07, 6.45) is 0. The highest BCUT2D eigenvalue weighted by Gasteiger charge is 2.16. The number of benzene rings is 2. The van der Waals surface area contributed by atoms with E-state index in [1.165, 1.54) is 25.1 Å². The molecule has 20 heavy (non-hydrogen) atoms. The van der Waals surface area contributed by atoms with Crippen LogP contribution in [0.1, 0.15) is 22.8 Å². The van der Waals surface area contributed by atoms with Crippen LogP contribution in [0, 0.1) is 11.6 Å². The van der Waals surface area contributed by atoms with Crippen molar-refractivity contribution in [2.45, 2.75) is 13.5 Å². The summed E-state index contributed by atoms with van der Waals surface area (Å²) >= 11 is 0. The van der Waals surface area contributed by atoms with Gasteiger partial charge in [0.25, 0.3) is 0 Å². The first-order valence-corrected chi connectivity index (χ1v) is 6.24.